The fourth-order valence-corrected chi connectivity index (χ4v) is 2.78. The Labute approximate surface area is 130 Å². The third-order valence-electron chi connectivity index (χ3n) is 3.41. The SMILES string of the molecule is CC(C)(C)c1ccc(C(=O)NC(C)(C)c2nccs2)cc1. The summed E-state index contributed by atoms with van der Waals surface area (Å²) in [6.45, 7) is 10.4. The second kappa shape index (κ2) is 5.60. The number of amides is 1. The van der Waals surface area contributed by atoms with Crippen molar-refractivity contribution in [2.45, 2.75) is 45.6 Å². The maximum absolute atomic E-state index is 12.4. The van der Waals surface area contributed by atoms with Crippen LogP contribution < -0.4 is 5.32 Å². The molecule has 4 heteroatoms. The molecule has 1 N–H and O–H groups in total. The molecule has 0 aliphatic carbocycles. The Morgan fingerprint density at radius 1 is 1.10 bits per heavy atom. The smallest absolute Gasteiger partial charge is 0.252 e. The molecule has 112 valence electrons. The van der Waals surface area contributed by atoms with Gasteiger partial charge in [-0.05, 0) is 37.0 Å². The molecule has 1 aromatic heterocycles. The lowest BCUT2D eigenvalue weighted by atomic mass is 9.86. The first kappa shape index (κ1) is 15.7. The molecule has 0 spiro atoms. The molecule has 3 nitrogen and oxygen atoms in total. The Hall–Kier alpha value is -1.68. The molecule has 0 atom stereocenters. The molecule has 21 heavy (non-hydrogen) atoms. The summed E-state index contributed by atoms with van der Waals surface area (Å²) in [5, 5.41) is 5.86. The molecule has 1 heterocycles. The third-order valence-corrected chi connectivity index (χ3v) is 4.50. The fourth-order valence-electron chi connectivity index (χ4n) is 2.06. The van der Waals surface area contributed by atoms with Gasteiger partial charge in [-0.1, -0.05) is 32.9 Å². The average Bonchev–Trinajstić information content (AvgIpc) is 2.92. The normalized spacial score (nSPS) is 12.2. The highest BCUT2D eigenvalue weighted by molar-refractivity contribution is 7.09. The van der Waals surface area contributed by atoms with Gasteiger partial charge in [-0.25, -0.2) is 4.98 Å². The molecule has 0 unspecified atom stereocenters. The van der Waals surface area contributed by atoms with E-state index in [-0.39, 0.29) is 11.3 Å². The number of carbonyl (C=O) groups excluding carboxylic acids is 1. The van der Waals surface area contributed by atoms with Gasteiger partial charge in [0.15, 0.2) is 0 Å². The van der Waals surface area contributed by atoms with Crippen molar-refractivity contribution in [1.29, 1.82) is 0 Å². The molecule has 1 amide bonds. The third kappa shape index (κ3) is 3.70. The monoisotopic (exact) mass is 302 g/mol. The summed E-state index contributed by atoms with van der Waals surface area (Å²) < 4.78 is 0. The minimum atomic E-state index is -0.464. The summed E-state index contributed by atoms with van der Waals surface area (Å²) >= 11 is 1.55. The van der Waals surface area contributed by atoms with Crippen molar-refractivity contribution in [2.24, 2.45) is 0 Å². The van der Waals surface area contributed by atoms with E-state index in [0.717, 1.165) is 5.01 Å². The number of hydrogen-bond acceptors (Lipinski definition) is 3. The van der Waals surface area contributed by atoms with Gasteiger partial charge in [-0.3, -0.25) is 4.79 Å². The number of nitrogens with one attached hydrogen (secondary N) is 1. The van der Waals surface area contributed by atoms with Gasteiger partial charge in [0.25, 0.3) is 5.91 Å². The number of carbonyl (C=O) groups is 1. The Bertz CT molecular complexity index is 607. The topological polar surface area (TPSA) is 42.0 Å². The molecule has 2 rings (SSSR count). The molecule has 0 aliphatic rings. The maximum Gasteiger partial charge on any atom is 0.252 e. The Kier molecular flexibility index (Phi) is 4.19. The molecule has 2 aromatic rings. The van der Waals surface area contributed by atoms with Gasteiger partial charge in [0, 0.05) is 17.1 Å². The van der Waals surface area contributed by atoms with Crippen LogP contribution in [0.1, 0.15) is 55.5 Å². The summed E-state index contributed by atoms with van der Waals surface area (Å²) in [7, 11) is 0. The van der Waals surface area contributed by atoms with Crippen LogP contribution in [-0.4, -0.2) is 10.9 Å². The quantitative estimate of drug-likeness (QED) is 0.927. The molecule has 0 aliphatic heterocycles. The van der Waals surface area contributed by atoms with Crippen molar-refractivity contribution in [3.05, 3.63) is 52.0 Å². The second-order valence-corrected chi connectivity index (χ2v) is 7.64. The van der Waals surface area contributed by atoms with E-state index in [9.17, 15) is 4.79 Å². The van der Waals surface area contributed by atoms with E-state index in [2.05, 4.69) is 31.1 Å². The number of thiazole rings is 1. The molecule has 0 saturated carbocycles. The number of hydrogen-bond donors (Lipinski definition) is 1. The first-order chi connectivity index (χ1) is 9.70. The van der Waals surface area contributed by atoms with Gasteiger partial charge >= 0.3 is 0 Å². The van der Waals surface area contributed by atoms with Crippen molar-refractivity contribution >= 4 is 17.2 Å². The van der Waals surface area contributed by atoms with Crippen molar-refractivity contribution < 1.29 is 4.79 Å². The van der Waals surface area contributed by atoms with E-state index in [1.165, 1.54) is 5.56 Å². The Morgan fingerprint density at radius 2 is 1.71 bits per heavy atom. The van der Waals surface area contributed by atoms with Crippen molar-refractivity contribution in [3.63, 3.8) is 0 Å². The van der Waals surface area contributed by atoms with Crippen molar-refractivity contribution in [2.75, 3.05) is 0 Å². The summed E-state index contributed by atoms with van der Waals surface area (Å²) in [5.74, 6) is -0.0735. The van der Waals surface area contributed by atoms with E-state index in [1.807, 2.05) is 43.5 Å². The molecule has 1 aromatic carbocycles. The van der Waals surface area contributed by atoms with Crippen LogP contribution in [-0.2, 0) is 11.0 Å². The van der Waals surface area contributed by atoms with Crippen LogP contribution in [0.3, 0.4) is 0 Å². The lowest BCUT2D eigenvalue weighted by molar-refractivity contribution is 0.0912. The van der Waals surface area contributed by atoms with Gasteiger partial charge in [0.2, 0.25) is 0 Å². The zero-order chi connectivity index (χ0) is 15.7. The maximum atomic E-state index is 12.4. The molecule has 0 saturated heterocycles. The largest absolute Gasteiger partial charge is 0.341 e. The molecule has 0 fully saturated rings. The van der Waals surface area contributed by atoms with Crippen LogP contribution in [0.2, 0.25) is 0 Å². The highest BCUT2D eigenvalue weighted by Crippen LogP contribution is 2.24. The standard InChI is InChI=1S/C17H22N2OS/c1-16(2,3)13-8-6-12(7-9-13)14(20)19-17(4,5)15-18-10-11-21-15/h6-11H,1-5H3,(H,19,20). The Morgan fingerprint density at radius 3 is 2.19 bits per heavy atom. The zero-order valence-electron chi connectivity index (χ0n) is 13.2. The number of aromatic nitrogens is 1. The van der Waals surface area contributed by atoms with Crippen LogP contribution in [0.4, 0.5) is 0 Å². The number of rotatable bonds is 3. The minimum absolute atomic E-state index is 0.0735. The summed E-state index contributed by atoms with van der Waals surface area (Å²) in [6, 6.07) is 7.80. The predicted octanol–water partition coefficient (Wildman–Crippen LogP) is 4.11. The van der Waals surface area contributed by atoms with Crippen molar-refractivity contribution in [1.82, 2.24) is 10.3 Å². The number of benzene rings is 1. The van der Waals surface area contributed by atoms with E-state index >= 15 is 0 Å². The van der Waals surface area contributed by atoms with Gasteiger partial charge in [0.1, 0.15) is 5.01 Å². The average molecular weight is 302 g/mol. The van der Waals surface area contributed by atoms with Crippen LogP contribution in [0.5, 0.6) is 0 Å². The molecule has 0 radical (unpaired) electrons. The van der Waals surface area contributed by atoms with Crippen LogP contribution in [0.15, 0.2) is 35.8 Å². The van der Waals surface area contributed by atoms with E-state index in [1.54, 1.807) is 17.5 Å². The van der Waals surface area contributed by atoms with Crippen LogP contribution in [0.25, 0.3) is 0 Å². The van der Waals surface area contributed by atoms with E-state index in [0.29, 0.717) is 5.56 Å². The fraction of sp³-hybridized carbons (Fsp3) is 0.412. The van der Waals surface area contributed by atoms with Crippen LogP contribution >= 0.6 is 11.3 Å². The Balaban J connectivity index is 2.14. The summed E-state index contributed by atoms with van der Waals surface area (Å²) in [6.07, 6.45) is 1.76. The molecular weight excluding hydrogens is 280 g/mol. The highest BCUT2D eigenvalue weighted by Gasteiger charge is 2.26. The lowest BCUT2D eigenvalue weighted by Gasteiger charge is -2.24. The minimum Gasteiger partial charge on any atom is -0.341 e. The van der Waals surface area contributed by atoms with Crippen LogP contribution in [0, 0.1) is 0 Å². The predicted molar refractivity (Wildman–Crippen MR) is 87.7 cm³/mol. The summed E-state index contributed by atoms with van der Waals surface area (Å²) in [4.78, 5) is 16.7. The molecular formula is C17H22N2OS. The zero-order valence-corrected chi connectivity index (χ0v) is 14.0. The highest BCUT2D eigenvalue weighted by atomic mass is 32.1. The summed E-state index contributed by atoms with van der Waals surface area (Å²) in [5.41, 5.74) is 1.52. The first-order valence-electron chi connectivity index (χ1n) is 7.03. The van der Waals surface area contributed by atoms with E-state index in [4.69, 9.17) is 0 Å². The van der Waals surface area contributed by atoms with Gasteiger partial charge in [-0.15, -0.1) is 11.3 Å². The molecule has 0 bridgehead atoms. The number of nitrogens with zero attached hydrogens (tertiary/aromatic N) is 1. The second-order valence-electron chi connectivity index (χ2n) is 6.74. The van der Waals surface area contributed by atoms with E-state index < -0.39 is 5.54 Å². The first-order valence-corrected chi connectivity index (χ1v) is 7.91. The van der Waals surface area contributed by atoms with Crippen molar-refractivity contribution in [3.8, 4) is 0 Å². The van der Waals surface area contributed by atoms with Gasteiger partial charge < -0.3 is 5.32 Å². The lowest BCUT2D eigenvalue weighted by Crippen LogP contribution is -2.40. The van der Waals surface area contributed by atoms with Gasteiger partial charge in [-0.2, -0.15) is 0 Å². The van der Waals surface area contributed by atoms with Gasteiger partial charge in [0.05, 0.1) is 5.54 Å².